The van der Waals surface area contributed by atoms with Crippen LogP contribution in [0.15, 0.2) is 42.5 Å². The van der Waals surface area contributed by atoms with E-state index in [4.69, 9.17) is 4.74 Å². The predicted octanol–water partition coefficient (Wildman–Crippen LogP) is 4.78. The molecule has 1 aliphatic carbocycles. The van der Waals surface area contributed by atoms with Crippen molar-refractivity contribution in [1.29, 1.82) is 0 Å². The summed E-state index contributed by atoms with van der Waals surface area (Å²) in [4.78, 5) is 27.8. The maximum Gasteiger partial charge on any atom is 0.261 e. The number of nitrogens with one attached hydrogen (secondary N) is 1. The van der Waals surface area contributed by atoms with Crippen LogP contribution in [0.25, 0.3) is 0 Å². The maximum atomic E-state index is 13.7. The van der Waals surface area contributed by atoms with Gasteiger partial charge in [0.1, 0.15) is 11.6 Å². The molecule has 0 aromatic heterocycles. The number of amides is 2. The van der Waals surface area contributed by atoms with Gasteiger partial charge < -0.3 is 15.0 Å². The minimum Gasteiger partial charge on any atom is -0.481 e. The first-order valence-electron chi connectivity index (χ1n) is 12.1. The van der Waals surface area contributed by atoms with Crippen LogP contribution in [-0.2, 0) is 16.0 Å². The number of benzene rings is 2. The fraction of sp³-hybridized carbons (Fsp3) is 0.481. The first kappa shape index (κ1) is 23.3. The lowest BCUT2D eigenvalue weighted by molar-refractivity contribution is -0.137. The molecule has 0 saturated heterocycles. The van der Waals surface area contributed by atoms with Gasteiger partial charge in [0.25, 0.3) is 5.91 Å². The van der Waals surface area contributed by atoms with E-state index in [9.17, 15) is 14.0 Å². The Morgan fingerprint density at radius 1 is 1.12 bits per heavy atom. The number of ether oxygens (including phenoxy) is 1. The van der Waals surface area contributed by atoms with Crippen LogP contribution < -0.4 is 10.1 Å². The Labute approximate surface area is 195 Å². The molecule has 2 aromatic rings. The van der Waals surface area contributed by atoms with E-state index in [0.717, 1.165) is 48.8 Å². The molecule has 1 fully saturated rings. The number of hydrogen-bond acceptors (Lipinski definition) is 3. The summed E-state index contributed by atoms with van der Waals surface area (Å²) in [5.74, 6) is 0.428. The molecule has 2 aromatic carbocycles. The zero-order valence-electron chi connectivity index (χ0n) is 19.5. The molecule has 5 nitrogen and oxygen atoms in total. The highest BCUT2D eigenvalue weighted by atomic mass is 19.1. The highest BCUT2D eigenvalue weighted by Crippen LogP contribution is 2.40. The highest BCUT2D eigenvalue weighted by molar-refractivity contribution is 5.81. The van der Waals surface area contributed by atoms with Crippen LogP contribution in [0.5, 0.6) is 5.75 Å². The molecule has 0 unspecified atom stereocenters. The molecule has 4 rings (SSSR count). The average molecular weight is 453 g/mol. The third kappa shape index (κ3) is 5.05. The minimum atomic E-state index is -0.577. The summed E-state index contributed by atoms with van der Waals surface area (Å²) in [5, 5.41) is 2.82. The van der Waals surface area contributed by atoms with E-state index in [1.54, 1.807) is 12.1 Å². The molecule has 1 aliphatic heterocycles. The predicted molar refractivity (Wildman–Crippen MR) is 125 cm³/mol. The summed E-state index contributed by atoms with van der Waals surface area (Å²) in [6, 6.07) is 12.0. The lowest BCUT2D eigenvalue weighted by Crippen LogP contribution is -2.43. The van der Waals surface area contributed by atoms with Gasteiger partial charge in [-0.2, -0.15) is 0 Å². The molecule has 0 spiro atoms. The Bertz CT molecular complexity index is 985. The van der Waals surface area contributed by atoms with Crippen LogP contribution in [0.1, 0.15) is 68.7 Å². The van der Waals surface area contributed by atoms with E-state index < -0.39 is 6.10 Å². The molecule has 0 radical (unpaired) electrons. The Morgan fingerprint density at radius 2 is 1.85 bits per heavy atom. The van der Waals surface area contributed by atoms with Crippen molar-refractivity contribution in [2.24, 2.45) is 5.92 Å². The van der Waals surface area contributed by atoms with Gasteiger partial charge in [0, 0.05) is 19.0 Å². The van der Waals surface area contributed by atoms with E-state index in [1.807, 2.05) is 36.9 Å². The van der Waals surface area contributed by atoms with Crippen molar-refractivity contribution in [3.05, 3.63) is 65.0 Å². The summed E-state index contributed by atoms with van der Waals surface area (Å²) in [6.07, 6.45) is 4.80. The van der Waals surface area contributed by atoms with Crippen LogP contribution in [-0.4, -0.2) is 35.9 Å². The number of fused-ring (bicyclic) bond motifs is 1. The molecular weight excluding hydrogens is 419 g/mol. The summed E-state index contributed by atoms with van der Waals surface area (Å²) >= 11 is 0. The zero-order valence-corrected chi connectivity index (χ0v) is 19.5. The lowest BCUT2D eigenvalue weighted by Gasteiger charge is -2.39. The van der Waals surface area contributed by atoms with Gasteiger partial charge in [-0.15, -0.1) is 0 Å². The van der Waals surface area contributed by atoms with Gasteiger partial charge >= 0.3 is 0 Å². The Morgan fingerprint density at radius 3 is 2.52 bits per heavy atom. The summed E-state index contributed by atoms with van der Waals surface area (Å²) < 4.78 is 19.8. The number of nitrogens with zero attached hydrogens (tertiary/aromatic N) is 1. The van der Waals surface area contributed by atoms with E-state index in [1.165, 1.54) is 12.1 Å². The number of halogens is 1. The van der Waals surface area contributed by atoms with E-state index in [2.05, 4.69) is 5.32 Å². The number of likely N-dealkylation sites (N-methyl/N-ethyl adjacent to an activating group) is 1. The van der Waals surface area contributed by atoms with Crippen LogP contribution in [0.3, 0.4) is 0 Å². The van der Waals surface area contributed by atoms with Gasteiger partial charge in [0.15, 0.2) is 6.10 Å². The third-order valence-corrected chi connectivity index (χ3v) is 6.81. The molecule has 6 heteroatoms. The summed E-state index contributed by atoms with van der Waals surface area (Å²) in [5.41, 5.74) is 3.03. The monoisotopic (exact) mass is 452 g/mol. The number of carbonyl (C=O) groups is 2. The van der Waals surface area contributed by atoms with E-state index >= 15 is 0 Å². The zero-order chi connectivity index (χ0) is 23.4. The number of carbonyl (C=O) groups excluding carboxylic acids is 2. The normalized spacial score (nSPS) is 19.1. The van der Waals surface area contributed by atoms with Crippen molar-refractivity contribution in [1.82, 2.24) is 10.2 Å². The number of rotatable bonds is 7. The third-order valence-electron chi connectivity index (χ3n) is 6.81. The second-order valence-electron chi connectivity index (χ2n) is 8.99. The van der Waals surface area contributed by atoms with Crippen LogP contribution in [0, 0.1) is 11.7 Å². The van der Waals surface area contributed by atoms with Crippen molar-refractivity contribution in [3.8, 4) is 5.75 Å². The van der Waals surface area contributed by atoms with Gasteiger partial charge in [-0.3, -0.25) is 9.59 Å². The SMILES string of the molecule is CCNC(=O)[C@H](CC)Oc1ccc2c(c1)[C@H](c1ccc(F)cc1)N(C(=O)C1CCCC1)CC2. The van der Waals surface area contributed by atoms with Crippen LogP contribution in [0.4, 0.5) is 4.39 Å². The van der Waals surface area contributed by atoms with Crippen molar-refractivity contribution in [2.75, 3.05) is 13.1 Å². The largest absolute Gasteiger partial charge is 0.481 e. The molecule has 1 N–H and O–H groups in total. The molecule has 2 atom stereocenters. The lowest BCUT2D eigenvalue weighted by atomic mass is 9.87. The highest BCUT2D eigenvalue weighted by Gasteiger charge is 2.36. The first-order valence-corrected chi connectivity index (χ1v) is 12.1. The molecule has 0 bridgehead atoms. The summed E-state index contributed by atoms with van der Waals surface area (Å²) in [6.45, 7) is 4.99. The minimum absolute atomic E-state index is 0.0659. The smallest absolute Gasteiger partial charge is 0.261 e. The molecule has 2 amide bonds. The van der Waals surface area contributed by atoms with Gasteiger partial charge in [-0.05, 0) is 73.6 Å². The Balaban J connectivity index is 1.69. The average Bonchev–Trinajstić information content (AvgIpc) is 3.37. The van der Waals surface area contributed by atoms with Crippen molar-refractivity contribution < 1.29 is 18.7 Å². The van der Waals surface area contributed by atoms with Gasteiger partial charge in [-0.25, -0.2) is 4.39 Å². The number of hydrogen-bond donors (Lipinski definition) is 1. The molecule has 1 heterocycles. The second-order valence-corrected chi connectivity index (χ2v) is 8.99. The Kier molecular flexibility index (Phi) is 7.31. The molecular formula is C27H33FN2O3. The fourth-order valence-corrected chi connectivity index (χ4v) is 5.09. The van der Waals surface area contributed by atoms with Crippen molar-refractivity contribution in [2.45, 2.75) is 64.5 Å². The molecule has 2 aliphatic rings. The van der Waals surface area contributed by atoms with Crippen LogP contribution in [0.2, 0.25) is 0 Å². The van der Waals surface area contributed by atoms with Crippen molar-refractivity contribution >= 4 is 11.8 Å². The van der Waals surface area contributed by atoms with Gasteiger partial charge in [0.2, 0.25) is 5.91 Å². The maximum absolute atomic E-state index is 13.7. The fourth-order valence-electron chi connectivity index (χ4n) is 5.09. The van der Waals surface area contributed by atoms with Crippen molar-refractivity contribution in [3.63, 3.8) is 0 Å². The second kappa shape index (κ2) is 10.4. The molecule has 33 heavy (non-hydrogen) atoms. The van der Waals surface area contributed by atoms with Crippen LogP contribution >= 0.6 is 0 Å². The van der Waals surface area contributed by atoms with E-state index in [0.29, 0.717) is 25.3 Å². The summed E-state index contributed by atoms with van der Waals surface area (Å²) in [7, 11) is 0. The quantitative estimate of drug-likeness (QED) is 0.658. The molecule has 1 saturated carbocycles. The first-order chi connectivity index (χ1) is 16.0. The Hall–Kier alpha value is -2.89. The van der Waals surface area contributed by atoms with Gasteiger partial charge in [0.05, 0.1) is 6.04 Å². The molecule has 176 valence electrons. The standard InChI is InChI=1S/C27H33FN2O3/c1-3-24(26(31)29-4-2)33-22-14-11-18-15-16-30(27(32)20-7-5-6-8-20)25(23(18)17-22)19-9-12-21(28)13-10-19/h9-14,17,20,24-25H,3-8,15-16H2,1-2H3,(H,29,31)/t24-,25-/m0/s1. The van der Waals surface area contributed by atoms with E-state index in [-0.39, 0.29) is 29.6 Å². The van der Waals surface area contributed by atoms with Gasteiger partial charge in [-0.1, -0.05) is 38.0 Å². The topological polar surface area (TPSA) is 58.6 Å².